The van der Waals surface area contributed by atoms with Gasteiger partial charge in [0.05, 0.1) is 26.4 Å². The number of nitrogens with one attached hydrogen (secondary N) is 2. The van der Waals surface area contributed by atoms with E-state index < -0.39 is 6.61 Å². The molecule has 1 rings (SSSR count). The first kappa shape index (κ1) is 21.4. The van der Waals surface area contributed by atoms with Gasteiger partial charge in [0.2, 0.25) is 0 Å². The molecule has 6 nitrogen and oxygen atoms in total. The number of nitrogens with zero attached hydrogens (tertiary/aromatic N) is 1. The van der Waals surface area contributed by atoms with Gasteiger partial charge in [0.15, 0.2) is 5.96 Å². The number of ether oxygens (including phenoxy) is 3. The van der Waals surface area contributed by atoms with E-state index in [0.29, 0.717) is 49.5 Å². The number of methoxy groups -OCH3 is 1. The lowest BCUT2D eigenvalue weighted by Gasteiger charge is -2.13. The molecule has 0 aliphatic carbocycles. The zero-order valence-corrected chi connectivity index (χ0v) is 15.1. The van der Waals surface area contributed by atoms with Crippen molar-refractivity contribution in [1.82, 2.24) is 10.6 Å². The molecule has 1 aromatic carbocycles. The smallest absolute Gasteiger partial charge is 0.387 e. The molecule has 0 saturated heterocycles. The van der Waals surface area contributed by atoms with Crippen LogP contribution < -0.4 is 15.4 Å². The summed E-state index contributed by atoms with van der Waals surface area (Å²) in [5.74, 6) is 0.600. The van der Waals surface area contributed by atoms with Gasteiger partial charge in [-0.05, 0) is 25.1 Å². The minimum absolute atomic E-state index is 0.0573. The summed E-state index contributed by atoms with van der Waals surface area (Å²) < 4.78 is 39.7. The lowest BCUT2D eigenvalue weighted by atomic mass is 10.2. The van der Waals surface area contributed by atoms with Crippen LogP contribution in [0.1, 0.15) is 12.5 Å². The molecular formula is C16H24ClF2N3O3. The van der Waals surface area contributed by atoms with Crippen molar-refractivity contribution in [1.29, 1.82) is 0 Å². The molecule has 0 heterocycles. The second-order valence-electron chi connectivity index (χ2n) is 4.86. The highest BCUT2D eigenvalue weighted by Gasteiger charge is 2.10. The highest BCUT2D eigenvalue weighted by molar-refractivity contribution is 6.30. The normalized spacial score (nSPS) is 11.7. The summed E-state index contributed by atoms with van der Waals surface area (Å²) >= 11 is 5.92. The molecule has 0 atom stereocenters. The molecule has 0 bridgehead atoms. The van der Waals surface area contributed by atoms with Crippen LogP contribution in [0, 0.1) is 0 Å². The predicted molar refractivity (Wildman–Crippen MR) is 93.6 cm³/mol. The summed E-state index contributed by atoms with van der Waals surface area (Å²) in [5.41, 5.74) is 0.473. The Morgan fingerprint density at radius 1 is 1.24 bits per heavy atom. The summed E-state index contributed by atoms with van der Waals surface area (Å²) in [5, 5.41) is 6.59. The summed E-state index contributed by atoms with van der Waals surface area (Å²) in [6, 6.07) is 4.46. The van der Waals surface area contributed by atoms with Gasteiger partial charge in [0.1, 0.15) is 5.75 Å². The number of aliphatic imine (C=N–C) groups is 1. The molecule has 9 heteroatoms. The minimum atomic E-state index is -2.90. The Bertz CT molecular complexity index is 533. The highest BCUT2D eigenvalue weighted by atomic mass is 35.5. The Kier molecular flexibility index (Phi) is 10.9. The zero-order valence-electron chi connectivity index (χ0n) is 14.4. The average molecular weight is 380 g/mol. The van der Waals surface area contributed by atoms with Crippen LogP contribution in [0.25, 0.3) is 0 Å². The Hall–Kier alpha value is -1.64. The molecular weight excluding hydrogens is 356 g/mol. The SMILES string of the molecule is CCNC(=NCc1cc(Cl)ccc1OC(F)F)NCCOCCOC. The van der Waals surface area contributed by atoms with Crippen molar-refractivity contribution >= 4 is 17.6 Å². The standard InChI is InChI=1S/C16H24ClF2N3O3/c1-3-20-16(21-6-7-24-9-8-23-2)22-11-12-10-13(17)4-5-14(12)25-15(18)19/h4-5,10,15H,3,6-9,11H2,1-2H3,(H2,20,21,22). The van der Waals surface area contributed by atoms with Gasteiger partial charge in [-0.1, -0.05) is 11.6 Å². The number of halogens is 3. The molecule has 2 N–H and O–H groups in total. The molecule has 0 saturated carbocycles. The Morgan fingerprint density at radius 3 is 2.72 bits per heavy atom. The monoisotopic (exact) mass is 379 g/mol. The Labute approximate surface area is 151 Å². The number of guanidine groups is 1. The van der Waals surface area contributed by atoms with Gasteiger partial charge in [-0.25, -0.2) is 4.99 Å². The van der Waals surface area contributed by atoms with E-state index in [0.717, 1.165) is 0 Å². The van der Waals surface area contributed by atoms with Crippen LogP contribution in [-0.4, -0.2) is 52.6 Å². The number of hydrogen-bond acceptors (Lipinski definition) is 4. The third kappa shape index (κ3) is 9.42. The molecule has 0 fully saturated rings. The van der Waals surface area contributed by atoms with Crippen LogP contribution in [0.3, 0.4) is 0 Å². The first-order valence-corrected chi connectivity index (χ1v) is 8.26. The van der Waals surface area contributed by atoms with Gasteiger partial charge in [0, 0.05) is 30.8 Å². The number of hydrogen-bond donors (Lipinski definition) is 2. The van der Waals surface area contributed by atoms with E-state index >= 15 is 0 Å². The van der Waals surface area contributed by atoms with Crippen LogP contribution in [0.4, 0.5) is 8.78 Å². The van der Waals surface area contributed by atoms with Crippen LogP contribution >= 0.6 is 11.6 Å². The first-order chi connectivity index (χ1) is 12.1. The van der Waals surface area contributed by atoms with Gasteiger partial charge in [-0.15, -0.1) is 0 Å². The van der Waals surface area contributed by atoms with Crippen molar-refractivity contribution in [3.63, 3.8) is 0 Å². The Morgan fingerprint density at radius 2 is 2.04 bits per heavy atom. The van der Waals surface area contributed by atoms with Gasteiger partial charge < -0.3 is 24.8 Å². The number of rotatable bonds is 11. The second kappa shape index (κ2) is 12.7. The highest BCUT2D eigenvalue weighted by Crippen LogP contribution is 2.25. The average Bonchev–Trinajstić information content (AvgIpc) is 2.57. The zero-order chi connectivity index (χ0) is 18.5. The molecule has 0 radical (unpaired) electrons. The summed E-state index contributed by atoms with van der Waals surface area (Å²) in [7, 11) is 1.61. The van der Waals surface area contributed by atoms with E-state index in [4.69, 9.17) is 21.1 Å². The van der Waals surface area contributed by atoms with E-state index in [-0.39, 0.29) is 12.3 Å². The van der Waals surface area contributed by atoms with Gasteiger partial charge in [-0.2, -0.15) is 8.78 Å². The molecule has 0 aliphatic rings. The van der Waals surface area contributed by atoms with Crippen molar-refractivity contribution in [2.24, 2.45) is 4.99 Å². The molecule has 1 aromatic rings. The van der Waals surface area contributed by atoms with E-state index in [1.807, 2.05) is 6.92 Å². The second-order valence-corrected chi connectivity index (χ2v) is 5.29. The van der Waals surface area contributed by atoms with Crippen molar-refractivity contribution in [3.8, 4) is 5.75 Å². The summed E-state index contributed by atoms with van der Waals surface area (Å²) in [4.78, 5) is 4.36. The van der Waals surface area contributed by atoms with Crippen molar-refractivity contribution in [2.45, 2.75) is 20.1 Å². The fraction of sp³-hybridized carbons (Fsp3) is 0.562. The van der Waals surface area contributed by atoms with Crippen LogP contribution in [-0.2, 0) is 16.0 Å². The van der Waals surface area contributed by atoms with Crippen LogP contribution in [0.5, 0.6) is 5.75 Å². The summed E-state index contributed by atoms with van der Waals surface area (Å²) in [6.07, 6.45) is 0. The molecule has 0 aromatic heterocycles. The fourth-order valence-electron chi connectivity index (χ4n) is 1.87. The fourth-order valence-corrected chi connectivity index (χ4v) is 2.07. The minimum Gasteiger partial charge on any atom is -0.434 e. The number of alkyl halides is 2. The maximum Gasteiger partial charge on any atom is 0.387 e. The maximum absolute atomic E-state index is 12.5. The Balaban J connectivity index is 2.62. The number of benzene rings is 1. The van der Waals surface area contributed by atoms with E-state index in [1.165, 1.54) is 12.1 Å². The molecule has 142 valence electrons. The molecule has 0 aliphatic heterocycles. The van der Waals surface area contributed by atoms with E-state index in [2.05, 4.69) is 20.4 Å². The largest absolute Gasteiger partial charge is 0.434 e. The lowest BCUT2D eigenvalue weighted by Crippen LogP contribution is -2.39. The van der Waals surface area contributed by atoms with E-state index in [1.54, 1.807) is 13.2 Å². The van der Waals surface area contributed by atoms with Gasteiger partial charge in [-0.3, -0.25) is 0 Å². The van der Waals surface area contributed by atoms with Crippen LogP contribution in [0.2, 0.25) is 5.02 Å². The maximum atomic E-state index is 12.5. The van der Waals surface area contributed by atoms with Crippen LogP contribution in [0.15, 0.2) is 23.2 Å². The third-order valence-electron chi connectivity index (χ3n) is 2.96. The topological polar surface area (TPSA) is 64.1 Å². The molecule has 0 unspecified atom stereocenters. The third-order valence-corrected chi connectivity index (χ3v) is 3.20. The van der Waals surface area contributed by atoms with Crippen molar-refractivity contribution in [3.05, 3.63) is 28.8 Å². The molecule has 25 heavy (non-hydrogen) atoms. The lowest BCUT2D eigenvalue weighted by molar-refractivity contribution is -0.0504. The molecule has 0 amide bonds. The van der Waals surface area contributed by atoms with Gasteiger partial charge in [0.25, 0.3) is 0 Å². The van der Waals surface area contributed by atoms with Crippen molar-refractivity contribution in [2.75, 3.05) is 40.0 Å². The molecule has 0 spiro atoms. The first-order valence-electron chi connectivity index (χ1n) is 7.89. The van der Waals surface area contributed by atoms with E-state index in [9.17, 15) is 8.78 Å². The van der Waals surface area contributed by atoms with Crippen molar-refractivity contribution < 1.29 is 23.0 Å². The predicted octanol–water partition coefficient (Wildman–Crippen LogP) is 2.66. The van der Waals surface area contributed by atoms with Gasteiger partial charge >= 0.3 is 6.61 Å². The quantitative estimate of drug-likeness (QED) is 0.351. The summed E-state index contributed by atoms with van der Waals surface area (Å²) in [6.45, 7) is 1.92.